The van der Waals surface area contributed by atoms with E-state index in [1.807, 2.05) is 6.07 Å². The first-order chi connectivity index (χ1) is 9.92. The summed E-state index contributed by atoms with van der Waals surface area (Å²) in [4.78, 5) is 0. The third-order valence-electron chi connectivity index (χ3n) is 3.91. The molecule has 2 aliphatic heterocycles. The molecule has 0 bridgehead atoms. The van der Waals surface area contributed by atoms with Crippen LogP contribution in [0.5, 0.6) is 11.5 Å². The lowest BCUT2D eigenvalue weighted by atomic mass is 10.0. The summed E-state index contributed by atoms with van der Waals surface area (Å²) < 4.78 is 16.7. The normalized spacial score (nSPS) is 19.6. The fourth-order valence-corrected chi connectivity index (χ4v) is 2.69. The molecule has 0 aliphatic carbocycles. The van der Waals surface area contributed by atoms with E-state index in [4.69, 9.17) is 14.2 Å². The molecule has 0 aromatic heterocycles. The van der Waals surface area contributed by atoms with Crippen LogP contribution in [0.4, 0.5) is 0 Å². The van der Waals surface area contributed by atoms with Crippen LogP contribution in [0.3, 0.4) is 0 Å². The van der Waals surface area contributed by atoms with Gasteiger partial charge in [0.2, 0.25) is 0 Å². The average Bonchev–Trinajstić information content (AvgIpc) is 2.73. The van der Waals surface area contributed by atoms with Gasteiger partial charge in [-0.3, -0.25) is 0 Å². The van der Waals surface area contributed by atoms with Crippen LogP contribution in [0.15, 0.2) is 18.2 Å². The van der Waals surface area contributed by atoms with Crippen LogP contribution in [0.25, 0.3) is 0 Å². The topological polar surface area (TPSA) is 39.7 Å². The molecule has 2 aliphatic rings. The highest BCUT2D eigenvalue weighted by Gasteiger charge is 2.14. The van der Waals surface area contributed by atoms with Crippen LogP contribution in [-0.4, -0.2) is 33.0 Å². The standard InChI is InChI=1S/C16H23NO3/c1-6-19-15-3-2-14(10-16(15)20-7-1)12-17-11-13-4-8-18-9-5-13/h2-3,10,13,17H,1,4-9,11-12H2. The minimum atomic E-state index is 0.742. The highest BCUT2D eigenvalue weighted by atomic mass is 16.5. The number of rotatable bonds is 4. The molecule has 0 radical (unpaired) electrons. The van der Waals surface area contributed by atoms with Crippen molar-refractivity contribution in [2.45, 2.75) is 25.8 Å². The molecule has 0 saturated carbocycles. The SMILES string of the molecule is c1cc2c(cc1CNCC1CCOCC1)OCCCO2. The van der Waals surface area contributed by atoms with Crippen molar-refractivity contribution in [2.24, 2.45) is 5.92 Å². The van der Waals surface area contributed by atoms with Gasteiger partial charge in [0.25, 0.3) is 0 Å². The second-order valence-corrected chi connectivity index (χ2v) is 5.52. The Labute approximate surface area is 120 Å². The van der Waals surface area contributed by atoms with E-state index in [1.165, 1.54) is 18.4 Å². The number of ether oxygens (including phenoxy) is 3. The molecule has 0 spiro atoms. The maximum Gasteiger partial charge on any atom is 0.161 e. The van der Waals surface area contributed by atoms with Crippen molar-refractivity contribution in [2.75, 3.05) is 33.0 Å². The first-order valence-electron chi connectivity index (χ1n) is 7.59. The summed E-state index contributed by atoms with van der Waals surface area (Å²) in [6.07, 6.45) is 3.30. The van der Waals surface area contributed by atoms with Crippen LogP contribution in [-0.2, 0) is 11.3 Å². The Hall–Kier alpha value is -1.26. The second kappa shape index (κ2) is 6.95. The molecule has 4 nitrogen and oxygen atoms in total. The summed E-state index contributed by atoms with van der Waals surface area (Å²) in [5, 5.41) is 3.54. The molecular formula is C16H23NO3. The summed E-state index contributed by atoms with van der Waals surface area (Å²) in [5.41, 5.74) is 1.25. The third-order valence-corrected chi connectivity index (χ3v) is 3.91. The number of hydrogen-bond acceptors (Lipinski definition) is 4. The quantitative estimate of drug-likeness (QED) is 0.917. The Morgan fingerprint density at radius 2 is 1.80 bits per heavy atom. The van der Waals surface area contributed by atoms with Gasteiger partial charge in [-0.25, -0.2) is 0 Å². The minimum absolute atomic E-state index is 0.742. The Morgan fingerprint density at radius 1 is 1.00 bits per heavy atom. The molecule has 2 heterocycles. The first-order valence-corrected chi connectivity index (χ1v) is 7.59. The van der Waals surface area contributed by atoms with Crippen molar-refractivity contribution in [3.05, 3.63) is 23.8 Å². The molecule has 1 N–H and O–H groups in total. The summed E-state index contributed by atoms with van der Waals surface area (Å²) >= 11 is 0. The summed E-state index contributed by atoms with van der Waals surface area (Å²) in [6.45, 7) is 5.26. The Morgan fingerprint density at radius 3 is 2.65 bits per heavy atom. The van der Waals surface area contributed by atoms with Gasteiger partial charge in [-0.1, -0.05) is 6.07 Å². The van der Waals surface area contributed by atoms with E-state index in [-0.39, 0.29) is 0 Å². The molecule has 1 aromatic carbocycles. The fraction of sp³-hybridized carbons (Fsp3) is 0.625. The van der Waals surface area contributed by atoms with Gasteiger partial charge in [-0.05, 0) is 43.0 Å². The minimum Gasteiger partial charge on any atom is -0.490 e. The van der Waals surface area contributed by atoms with Crippen molar-refractivity contribution in [3.63, 3.8) is 0 Å². The van der Waals surface area contributed by atoms with Crippen LogP contribution in [0.2, 0.25) is 0 Å². The zero-order valence-electron chi connectivity index (χ0n) is 11.9. The van der Waals surface area contributed by atoms with Crippen LogP contribution < -0.4 is 14.8 Å². The molecule has 4 heteroatoms. The largest absolute Gasteiger partial charge is 0.490 e. The van der Waals surface area contributed by atoms with Crippen molar-refractivity contribution in [3.8, 4) is 11.5 Å². The van der Waals surface area contributed by atoms with E-state index in [0.29, 0.717) is 0 Å². The van der Waals surface area contributed by atoms with E-state index in [2.05, 4.69) is 17.4 Å². The van der Waals surface area contributed by atoms with E-state index >= 15 is 0 Å². The van der Waals surface area contributed by atoms with Gasteiger partial charge in [0.1, 0.15) is 0 Å². The number of fused-ring (bicyclic) bond motifs is 1. The lowest BCUT2D eigenvalue weighted by Gasteiger charge is -2.22. The zero-order valence-corrected chi connectivity index (χ0v) is 11.9. The van der Waals surface area contributed by atoms with Gasteiger partial charge < -0.3 is 19.5 Å². The van der Waals surface area contributed by atoms with Crippen molar-refractivity contribution < 1.29 is 14.2 Å². The van der Waals surface area contributed by atoms with Crippen LogP contribution in [0, 0.1) is 5.92 Å². The predicted octanol–water partition coefficient (Wildman–Crippen LogP) is 2.36. The average molecular weight is 277 g/mol. The summed E-state index contributed by atoms with van der Waals surface area (Å²) in [7, 11) is 0. The van der Waals surface area contributed by atoms with Crippen molar-refractivity contribution >= 4 is 0 Å². The van der Waals surface area contributed by atoms with Gasteiger partial charge >= 0.3 is 0 Å². The van der Waals surface area contributed by atoms with E-state index in [1.54, 1.807) is 0 Å². The first kappa shape index (κ1) is 13.7. The summed E-state index contributed by atoms with van der Waals surface area (Å²) in [6, 6.07) is 6.23. The molecular weight excluding hydrogens is 254 g/mol. The molecule has 1 saturated heterocycles. The molecule has 3 rings (SSSR count). The maximum atomic E-state index is 5.72. The lowest BCUT2D eigenvalue weighted by molar-refractivity contribution is 0.0662. The van der Waals surface area contributed by atoms with E-state index < -0.39 is 0 Å². The molecule has 20 heavy (non-hydrogen) atoms. The molecule has 110 valence electrons. The van der Waals surface area contributed by atoms with Gasteiger partial charge in [-0.15, -0.1) is 0 Å². The van der Waals surface area contributed by atoms with Crippen molar-refractivity contribution in [1.29, 1.82) is 0 Å². The van der Waals surface area contributed by atoms with Gasteiger partial charge in [0.05, 0.1) is 13.2 Å². The number of nitrogens with one attached hydrogen (secondary N) is 1. The molecule has 0 atom stereocenters. The Kier molecular flexibility index (Phi) is 4.77. The highest BCUT2D eigenvalue weighted by Crippen LogP contribution is 2.30. The molecule has 1 fully saturated rings. The Balaban J connectivity index is 1.51. The van der Waals surface area contributed by atoms with Crippen LogP contribution >= 0.6 is 0 Å². The van der Waals surface area contributed by atoms with E-state index in [9.17, 15) is 0 Å². The maximum absolute atomic E-state index is 5.72. The second-order valence-electron chi connectivity index (χ2n) is 5.52. The summed E-state index contributed by atoms with van der Waals surface area (Å²) in [5.74, 6) is 2.51. The lowest BCUT2D eigenvalue weighted by Crippen LogP contribution is -2.27. The monoisotopic (exact) mass is 277 g/mol. The highest BCUT2D eigenvalue weighted by molar-refractivity contribution is 5.43. The smallest absolute Gasteiger partial charge is 0.161 e. The molecule has 1 aromatic rings. The number of hydrogen-bond donors (Lipinski definition) is 1. The van der Waals surface area contributed by atoms with Gasteiger partial charge in [0, 0.05) is 26.2 Å². The molecule has 0 amide bonds. The van der Waals surface area contributed by atoms with Gasteiger partial charge in [-0.2, -0.15) is 0 Å². The third kappa shape index (κ3) is 3.64. The van der Waals surface area contributed by atoms with Gasteiger partial charge in [0.15, 0.2) is 11.5 Å². The number of benzene rings is 1. The van der Waals surface area contributed by atoms with Crippen molar-refractivity contribution in [1.82, 2.24) is 5.32 Å². The fourth-order valence-electron chi connectivity index (χ4n) is 2.69. The van der Waals surface area contributed by atoms with Crippen LogP contribution in [0.1, 0.15) is 24.8 Å². The molecule has 0 unspecified atom stereocenters. The predicted molar refractivity (Wildman–Crippen MR) is 77.3 cm³/mol. The van der Waals surface area contributed by atoms with E-state index in [0.717, 1.165) is 63.4 Å². The Bertz CT molecular complexity index is 430. The zero-order chi connectivity index (χ0) is 13.6.